The number of fused-ring (bicyclic) bond motifs is 1. The molecule has 0 aliphatic carbocycles. The van der Waals surface area contributed by atoms with Crippen LogP contribution in [-0.4, -0.2) is 45.3 Å². The molecule has 2 aromatic rings. The number of benzene rings is 2. The SMILES string of the molecule is O=C(C[NH+]1CCc2ccccc2C1)Nc1ccccc1N1CCOCC1. The lowest BCUT2D eigenvalue weighted by molar-refractivity contribution is -0.907. The maximum atomic E-state index is 12.7. The topological polar surface area (TPSA) is 46.0 Å². The van der Waals surface area contributed by atoms with Crippen LogP contribution in [0, 0.1) is 0 Å². The summed E-state index contributed by atoms with van der Waals surface area (Å²) in [4.78, 5) is 16.3. The van der Waals surface area contributed by atoms with Crippen LogP contribution in [-0.2, 0) is 22.5 Å². The number of quaternary nitrogens is 1. The highest BCUT2D eigenvalue weighted by molar-refractivity contribution is 5.95. The van der Waals surface area contributed by atoms with Crippen molar-refractivity contribution >= 4 is 17.3 Å². The van der Waals surface area contributed by atoms with E-state index in [1.54, 1.807) is 0 Å². The minimum Gasteiger partial charge on any atom is -0.378 e. The van der Waals surface area contributed by atoms with Crippen molar-refractivity contribution in [3.8, 4) is 0 Å². The highest BCUT2D eigenvalue weighted by atomic mass is 16.5. The van der Waals surface area contributed by atoms with E-state index in [1.807, 2.05) is 18.2 Å². The van der Waals surface area contributed by atoms with Gasteiger partial charge in [0.25, 0.3) is 5.91 Å². The van der Waals surface area contributed by atoms with E-state index in [-0.39, 0.29) is 5.91 Å². The van der Waals surface area contributed by atoms with Crippen molar-refractivity contribution in [1.82, 2.24) is 0 Å². The average Bonchev–Trinajstić information content (AvgIpc) is 2.69. The largest absolute Gasteiger partial charge is 0.378 e. The van der Waals surface area contributed by atoms with Gasteiger partial charge in [-0.3, -0.25) is 4.79 Å². The van der Waals surface area contributed by atoms with Crippen molar-refractivity contribution in [2.75, 3.05) is 49.6 Å². The summed E-state index contributed by atoms with van der Waals surface area (Å²) in [6.45, 7) is 5.64. The van der Waals surface area contributed by atoms with Gasteiger partial charge in [0, 0.05) is 25.1 Å². The van der Waals surface area contributed by atoms with Crippen molar-refractivity contribution in [3.05, 3.63) is 59.7 Å². The summed E-state index contributed by atoms with van der Waals surface area (Å²) < 4.78 is 5.44. The standard InChI is InChI=1S/C21H25N3O2/c25-21(16-23-10-9-17-5-1-2-6-18(17)15-23)22-19-7-3-4-8-20(19)24-11-13-26-14-12-24/h1-8H,9-16H2,(H,22,25)/p+1. The van der Waals surface area contributed by atoms with Gasteiger partial charge in [-0.15, -0.1) is 0 Å². The molecule has 2 aliphatic rings. The smallest absolute Gasteiger partial charge is 0.279 e. The lowest BCUT2D eigenvalue weighted by atomic mass is 10.00. The second-order valence-corrected chi connectivity index (χ2v) is 7.04. The first kappa shape index (κ1) is 17.1. The summed E-state index contributed by atoms with van der Waals surface area (Å²) in [5.41, 5.74) is 4.78. The van der Waals surface area contributed by atoms with Crippen LogP contribution < -0.4 is 15.1 Å². The van der Waals surface area contributed by atoms with Crippen LogP contribution in [0.1, 0.15) is 11.1 Å². The van der Waals surface area contributed by atoms with Crippen LogP contribution in [0.4, 0.5) is 11.4 Å². The van der Waals surface area contributed by atoms with Gasteiger partial charge in [0.05, 0.1) is 31.1 Å². The number of morpholine rings is 1. The molecular weight excluding hydrogens is 326 g/mol. The van der Waals surface area contributed by atoms with Gasteiger partial charge in [0.15, 0.2) is 6.54 Å². The Bertz CT molecular complexity index is 771. The molecule has 4 rings (SSSR count). The predicted molar refractivity (Wildman–Crippen MR) is 103 cm³/mol. The minimum atomic E-state index is 0.0834. The van der Waals surface area contributed by atoms with E-state index in [2.05, 4.69) is 40.5 Å². The number of rotatable bonds is 4. The average molecular weight is 352 g/mol. The van der Waals surface area contributed by atoms with E-state index < -0.39 is 0 Å². The highest BCUT2D eigenvalue weighted by Crippen LogP contribution is 2.26. The number of carbonyl (C=O) groups excluding carboxylic acids is 1. The van der Waals surface area contributed by atoms with Crippen LogP contribution in [0.5, 0.6) is 0 Å². The first-order valence-electron chi connectivity index (χ1n) is 9.41. The maximum absolute atomic E-state index is 12.7. The monoisotopic (exact) mass is 352 g/mol. The van der Waals surface area contributed by atoms with Crippen molar-refractivity contribution in [2.24, 2.45) is 0 Å². The summed E-state index contributed by atoms with van der Waals surface area (Å²) >= 11 is 0. The van der Waals surface area contributed by atoms with Crippen LogP contribution >= 0.6 is 0 Å². The fourth-order valence-electron chi connectivity index (χ4n) is 3.87. The first-order chi connectivity index (χ1) is 12.8. The summed E-state index contributed by atoms with van der Waals surface area (Å²) in [5.74, 6) is 0.0834. The number of hydrogen-bond acceptors (Lipinski definition) is 3. The highest BCUT2D eigenvalue weighted by Gasteiger charge is 2.22. The lowest BCUT2D eigenvalue weighted by Crippen LogP contribution is -3.12. The van der Waals surface area contributed by atoms with Gasteiger partial charge in [-0.2, -0.15) is 0 Å². The molecule has 0 radical (unpaired) electrons. The molecule has 5 nitrogen and oxygen atoms in total. The van der Waals surface area contributed by atoms with Crippen molar-refractivity contribution in [2.45, 2.75) is 13.0 Å². The zero-order valence-corrected chi connectivity index (χ0v) is 15.0. The van der Waals surface area contributed by atoms with E-state index in [0.717, 1.165) is 57.2 Å². The molecule has 0 spiro atoms. The Balaban J connectivity index is 1.40. The predicted octanol–water partition coefficient (Wildman–Crippen LogP) is 1.10. The molecule has 2 aromatic carbocycles. The van der Waals surface area contributed by atoms with Gasteiger partial charge in [0.1, 0.15) is 6.54 Å². The first-order valence-corrected chi connectivity index (χ1v) is 9.41. The molecule has 2 aliphatic heterocycles. The number of hydrogen-bond donors (Lipinski definition) is 2. The van der Waals surface area contributed by atoms with E-state index in [0.29, 0.717) is 6.54 Å². The molecule has 0 saturated carbocycles. The minimum absolute atomic E-state index is 0.0834. The van der Waals surface area contributed by atoms with E-state index in [1.165, 1.54) is 16.0 Å². The number of nitrogens with zero attached hydrogens (tertiary/aromatic N) is 1. The summed E-state index contributed by atoms with van der Waals surface area (Å²) in [6, 6.07) is 16.6. The summed E-state index contributed by atoms with van der Waals surface area (Å²) in [5, 5.41) is 3.14. The van der Waals surface area contributed by atoms with Gasteiger partial charge in [0.2, 0.25) is 0 Å². The number of carbonyl (C=O) groups is 1. The Morgan fingerprint density at radius 3 is 2.62 bits per heavy atom. The third kappa shape index (κ3) is 3.89. The van der Waals surface area contributed by atoms with Gasteiger partial charge in [-0.05, 0) is 17.7 Å². The van der Waals surface area contributed by atoms with Crippen LogP contribution in [0.25, 0.3) is 0 Å². The molecule has 136 valence electrons. The Morgan fingerprint density at radius 2 is 1.77 bits per heavy atom. The maximum Gasteiger partial charge on any atom is 0.279 e. The molecule has 2 N–H and O–H groups in total. The van der Waals surface area contributed by atoms with Gasteiger partial charge >= 0.3 is 0 Å². The third-order valence-corrected chi connectivity index (χ3v) is 5.25. The number of nitrogens with one attached hydrogen (secondary N) is 2. The Labute approximate surface area is 154 Å². The quantitative estimate of drug-likeness (QED) is 0.866. The van der Waals surface area contributed by atoms with Gasteiger partial charge in [-0.1, -0.05) is 36.4 Å². The molecule has 1 unspecified atom stereocenters. The third-order valence-electron chi connectivity index (χ3n) is 5.25. The number of para-hydroxylation sites is 2. The van der Waals surface area contributed by atoms with Crippen LogP contribution in [0.3, 0.4) is 0 Å². The fraction of sp³-hybridized carbons (Fsp3) is 0.381. The second kappa shape index (κ2) is 7.89. The van der Waals surface area contributed by atoms with Gasteiger partial charge < -0.3 is 19.9 Å². The van der Waals surface area contributed by atoms with Crippen molar-refractivity contribution in [1.29, 1.82) is 0 Å². The fourth-order valence-corrected chi connectivity index (χ4v) is 3.87. The van der Waals surface area contributed by atoms with E-state index in [9.17, 15) is 4.79 Å². The van der Waals surface area contributed by atoms with Crippen molar-refractivity contribution < 1.29 is 14.4 Å². The number of ether oxygens (including phenoxy) is 1. The molecule has 1 atom stereocenters. The molecule has 0 bridgehead atoms. The number of amides is 1. The second-order valence-electron chi connectivity index (χ2n) is 7.04. The normalized spacial score (nSPS) is 19.7. The molecular formula is C21H26N3O2+. The Hall–Kier alpha value is -2.37. The van der Waals surface area contributed by atoms with E-state index in [4.69, 9.17) is 4.74 Å². The summed E-state index contributed by atoms with van der Waals surface area (Å²) in [6.07, 6.45) is 1.04. The van der Waals surface area contributed by atoms with Crippen LogP contribution in [0.15, 0.2) is 48.5 Å². The molecule has 26 heavy (non-hydrogen) atoms. The zero-order valence-electron chi connectivity index (χ0n) is 15.0. The van der Waals surface area contributed by atoms with Crippen molar-refractivity contribution in [3.63, 3.8) is 0 Å². The summed E-state index contributed by atoms with van der Waals surface area (Å²) in [7, 11) is 0. The lowest BCUT2D eigenvalue weighted by Gasteiger charge is -2.30. The molecule has 1 amide bonds. The number of anilines is 2. The Kier molecular flexibility index (Phi) is 5.18. The zero-order chi connectivity index (χ0) is 17.8. The Morgan fingerprint density at radius 1 is 1.04 bits per heavy atom. The molecule has 2 heterocycles. The molecule has 0 aromatic heterocycles. The molecule has 1 saturated heterocycles. The molecule has 5 heteroatoms. The van der Waals surface area contributed by atoms with Gasteiger partial charge in [-0.25, -0.2) is 0 Å². The van der Waals surface area contributed by atoms with E-state index >= 15 is 0 Å². The van der Waals surface area contributed by atoms with Crippen LogP contribution in [0.2, 0.25) is 0 Å². The molecule has 1 fully saturated rings.